The lowest BCUT2D eigenvalue weighted by atomic mass is 10.2. The molecule has 74 valence electrons. The van der Waals surface area contributed by atoms with Gasteiger partial charge in [-0.2, -0.15) is 5.26 Å². The maximum absolute atomic E-state index is 8.94. The summed E-state index contributed by atoms with van der Waals surface area (Å²) < 4.78 is 1.82. The number of aromatic nitrogens is 3. The summed E-state index contributed by atoms with van der Waals surface area (Å²) in [6.07, 6.45) is 4.83. The Morgan fingerprint density at radius 1 is 1.60 bits per heavy atom. The highest BCUT2D eigenvalue weighted by Gasteiger charge is 2.11. The first-order valence-electron chi connectivity index (χ1n) is 4.38. The molecule has 0 radical (unpaired) electrons. The first-order chi connectivity index (χ1) is 7.27. The fourth-order valence-corrected chi connectivity index (χ4v) is 1.51. The zero-order valence-corrected chi connectivity index (χ0v) is 8.01. The van der Waals surface area contributed by atoms with Crippen LogP contribution in [0.25, 0.3) is 11.0 Å². The van der Waals surface area contributed by atoms with Crippen LogP contribution in [0.4, 0.5) is 5.82 Å². The zero-order chi connectivity index (χ0) is 10.8. The van der Waals surface area contributed by atoms with E-state index in [-0.39, 0.29) is 0 Å². The molecule has 0 saturated heterocycles. The van der Waals surface area contributed by atoms with E-state index in [0.29, 0.717) is 29.0 Å². The number of hydrogen-bond acceptors (Lipinski definition) is 4. The van der Waals surface area contributed by atoms with Crippen molar-refractivity contribution in [1.29, 1.82) is 5.26 Å². The summed E-state index contributed by atoms with van der Waals surface area (Å²) in [4.78, 5) is 7.97. The lowest BCUT2D eigenvalue weighted by Crippen LogP contribution is -1.97. The fourth-order valence-electron chi connectivity index (χ4n) is 1.51. The topological polar surface area (TPSA) is 80.5 Å². The van der Waals surface area contributed by atoms with Crippen molar-refractivity contribution in [2.75, 3.05) is 5.73 Å². The van der Waals surface area contributed by atoms with E-state index in [2.05, 4.69) is 22.6 Å². The molecular weight excluding hydrogens is 190 g/mol. The first kappa shape index (κ1) is 9.21. The summed E-state index contributed by atoms with van der Waals surface area (Å²) in [5, 5.41) is 9.55. The number of nitrogen functional groups attached to an aromatic ring is 1. The summed E-state index contributed by atoms with van der Waals surface area (Å²) in [5.74, 6) is 0.333. The van der Waals surface area contributed by atoms with Crippen molar-refractivity contribution >= 4 is 16.9 Å². The number of fused-ring (bicyclic) bond motifs is 1. The van der Waals surface area contributed by atoms with Crippen molar-refractivity contribution in [3.63, 3.8) is 0 Å². The first-order valence-corrected chi connectivity index (χ1v) is 4.38. The number of hydrogen-bond donors (Lipinski definition) is 1. The molecule has 0 fully saturated rings. The third-order valence-corrected chi connectivity index (χ3v) is 2.13. The van der Waals surface area contributed by atoms with Gasteiger partial charge in [0.05, 0.1) is 10.9 Å². The molecule has 5 heteroatoms. The molecule has 0 amide bonds. The number of nitrogens with zero attached hydrogens (tertiary/aromatic N) is 4. The minimum absolute atomic E-state index is 0.333. The molecule has 2 aromatic rings. The van der Waals surface area contributed by atoms with E-state index < -0.39 is 0 Å². The van der Waals surface area contributed by atoms with Gasteiger partial charge in [-0.05, 0) is 0 Å². The molecule has 0 unspecified atom stereocenters. The molecule has 0 aliphatic heterocycles. The molecule has 0 aromatic carbocycles. The lowest BCUT2D eigenvalue weighted by molar-refractivity contribution is 0.849. The molecule has 15 heavy (non-hydrogen) atoms. The average Bonchev–Trinajstić information content (AvgIpc) is 2.59. The van der Waals surface area contributed by atoms with Crippen LogP contribution < -0.4 is 5.73 Å². The number of rotatable bonds is 2. The molecule has 0 bridgehead atoms. The van der Waals surface area contributed by atoms with Crippen LogP contribution in [0.15, 0.2) is 25.2 Å². The summed E-state index contributed by atoms with van der Waals surface area (Å²) >= 11 is 0. The van der Waals surface area contributed by atoms with E-state index in [4.69, 9.17) is 11.0 Å². The molecule has 5 nitrogen and oxygen atoms in total. The van der Waals surface area contributed by atoms with Gasteiger partial charge < -0.3 is 10.3 Å². The Kier molecular flexibility index (Phi) is 2.10. The predicted molar refractivity (Wildman–Crippen MR) is 56.9 cm³/mol. The molecule has 0 spiro atoms. The van der Waals surface area contributed by atoms with Crippen LogP contribution in [0.2, 0.25) is 0 Å². The van der Waals surface area contributed by atoms with Gasteiger partial charge in [-0.3, -0.25) is 0 Å². The molecule has 0 saturated carbocycles. The van der Waals surface area contributed by atoms with E-state index in [9.17, 15) is 0 Å². The van der Waals surface area contributed by atoms with Crippen molar-refractivity contribution in [1.82, 2.24) is 14.5 Å². The standard InChI is InChI=1S/C10H9N5/c1-2-3-15-5-7(4-11)8-9(12)13-6-14-10(8)15/h2,5-6H,1,3H2,(H2,12,13,14). The van der Waals surface area contributed by atoms with Crippen molar-refractivity contribution in [2.24, 2.45) is 0 Å². The van der Waals surface area contributed by atoms with E-state index in [1.807, 2.05) is 4.57 Å². The van der Waals surface area contributed by atoms with Crippen LogP contribution in [0.5, 0.6) is 0 Å². The molecule has 2 aromatic heterocycles. The third-order valence-electron chi connectivity index (χ3n) is 2.13. The second kappa shape index (κ2) is 3.42. The molecule has 0 aliphatic carbocycles. The van der Waals surface area contributed by atoms with E-state index in [0.717, 1.165) is 0 Å². The van der Waals surface area contributed by atoms with Gasteiger partial charge in [0.25, 0.3) is 0 Å². The minimum Gasteiger partial charge on any atom is -0.383 e. The van der Waals surface area contributed by atoms with Gasteiger partial charge >= 0.3 is 0 Å². The SMILES string of the molecule is C=CCn1cc(C#N)c2c(N)ncnc21. The van der Waals surface area contributed by atoms with Gasteiger partial charge in [0, 0.05) is 12.7 Å². The Bertz CT molecular complexity index is 561. The van der Waals surface area contributed by atoms with Crippen LogP contribution in [-0.2, 0) is 6.54 Å². The highest BCUT2D eigenvalue weighted by molar-refractivity contribution is 5.91. The molecule has 0 aliphatic rings. The number of allylic oxidation sites excluding steroid dienone is 1. The molecule has 2 N–H and O–H groups in total. The second-order valence-corrected chi connectivity index (χ2v) is 3.05. The molecule has 0 atom stereocenters. The van der Waals surface area contributed by atoms with Crippen LogP contribution >= 0.6 is 0 Å². The summed E-state index contributed by atoms with van der Waals surface area (Å²) in [7, 11) is 0. The maximum Gasteiger partial charge on any atom is 0.147 e. The zero-order valence-electron chi connectivity index (χ0n) is 8.01. The smallest absolute Gasteiger partial charge is 0.147 e. The Morgan fingerprint density at radius 3 is 3.07 bits per heavy atom. The Balaban J connectivity index is 2.82. The number of anilines is 1. The molecule has 2 heterocycles. The van der Waals surface area contributed by atoms with E-state index in [1.54, 1.807) is 12.3 Å². The van der Waals surface area contributed by atoms with E-state index in [1.165, 1.54) is 6.33 Å². The molecule has 2 rings (SSSR count). The van der Waals surface area contributed by atoms with Gasteiger partial charge in [-0.15, -0.1) is 6.58 Å². The van der Waals surface area contributed by atoms with Crippen molar-refractivity contribution in [2.45, 2.75) is 6.54 Å². The van der Waals surface area contributed by atoms with Crippen molar-refractivity contribution in [3.05, 3.63) is 30.7 Å². The van der Waals surface area contributed by atoms with Crippen molar-refractivity contribution in [3.8, 4) is 6.07 Å². The van der Waals surface area contributed by atoms with Crippen LogP contribution in [0.1, 0.15) is 5.56 Å². The highest BCUT2D eigenvalue weighted by Crippen LogP contribution is 2.22. The van der Waals surface area contributed by atoms with E-state index >= 15 is 0 Å². The largest absolute Gasteiger partial charge is 0.383 e. The lowest BCUT2D eigenvalue weighted by Gasteiger charge is -1.99. The Morgan fingerprint density at radius 2 is 2.40 bits per heavy atom. The van der Waals surface area contributed by atoms with Gasteiger partial charge in [0.2, 0.25) is 0 Å². The van der Waals surface area contributed by atoms with Gasteiger partial charge in [0.15, 0.2) is 0 Å². The minimum atomic E-state index is 0.333. The second-order valence-electron chi connectivity index (χ2n) is 3.05. The van der Waals surface area contributed by atoms with Crippen LogP contribution in [0.3, 0.4) is 0 Å². The monoisotopic (exact) mass is 199 g/mol. The molecular formula is C10H9N5. The van der Waals surface area contributed by atoms with Gasteiger partial charge in [-0.25, -0.2) is 9.97 Å². The predicted octanol–water partition coefficient (Wildman–Crippen LogP) is 1.07. The summed E-state index contributed by atoms with van der Waals surface area (Å²) in [5.41, 5.74) is 6.86. The highest BCUT2D eigenvalue weighted by atomic mass is 15.1. The van der Waals surface area contributed by atoms with Gasteiger partial charge in [-0.1, -0.05) is 6.08 Å². The van der Waals surface area contributed by atoms with Gasteiger partial charge in [0.1, 0.15) is 23.9 Å². The van der Waals surface area contributed by atoms with Crippen LogP contribution in [-0.4, -0.2) is 14.5 Å². The van der Waals surface area contributed by atoms with Crippen LogP contribution in [0, 0.1) is 11.3 Å². The fraction of sp³-hybridized carbons (Fsp3) is 0.100. The normalized spacial score (nSPS) is 10.1. The average molecular weight is 199 g/mol. The quantitative estimate of drug-likeness (QED) is 0.733. The maximum atomic E-state index is 8.94. The number of nitrogens with two attached hydrogens (primary N) is 1. The Labute approximate surface area is 86.5 Å². The summed E-state index contributed by atoms with van der Waals surface area (Å²) in [6, 6.07) is 2.07. The summed E-state index contributed by atoms with van der Waals surface area (Å²) in [6.45, 7) is 4.23. The number of nitriles is 1. The van der Waals surface area contributed by atoms with Crippen molar-refractivity contribution < 1.29 is 0 Å². The third kappa shape index (κ3) is 1.32. The Hall–Kier alpha value is -2.35.